The molecule has 124 valence electrons. The number of hydrogen-bond donors (Lipinski definition) is 3. The minimum atomic E-state index is -0.0405. The number of rotatable bonds is 11. The third-order valence-electron chi connectivity index (χ3n) is 3.51. The maximum atomic E-state index is 11.5. The van der Waals surface area contributed by atoms with E-state index >= 15 is 0 Å². The Hall–Kier alpha value is -0.530. The molecule has 1 rings (SSSR count). The lowest BCUT2D eigenvalue weighted by molar-refractivity contribution is -0.119. The van der Waals surface area contributed by atoms with E-state index in [1.54, 1.807) is 0 Å². The van der Waals surface area contributed by atoms with Gasteiger partial charge in [-0.2, -0.15) is 0 Å². The van der Waals surface area contributed by atoms with E-state index < -0.39 is 0 Å². The number of amides is 1. The van der Waals surface area contributed by atoms with E-state index in [0.717, 1.165) is 19.5 Å². The Morgan fingerprint density at radius 1 is 1.14 bits per heavy atom. The lowest BCUT2D eigenvalue weighted by Gasteiger charge is -2.06. The third-order valence-corrected chi connectivity index (χ3v) is 3.51. The Morgan fingerprint density at radius 3 is 2.48 bits per heavy atom. The van der Waals surface area contributed by atoms with E-state index in [-0.39, 0.29) is 36.4 Å². The van der Waals surface area contributed by atoms with Crippen LogP contribution in [-0.2, 0) is 4.79 Å². The van der Waals surface area contributed by atoms with Gasteiger partial charge in [0.25, 0.3) is 0 Å². The van der Waals surface area contributed by atoms with Crippen LogP contribution in [0, 0.1) is 5.92 Å². The number of unbranched alkanes of at least 4 members (excludes halogenated alkanes) is 5. The van der Waals surface area contributed by atoms with Crippen LogP contribution in [0.25, 0.3) is 0 Å². The number of hydrogen-bond acceptors (Lipinski definition) is 2. The van der Waals surface area contributed by atoms with Crippen LogP contribution in [0.3, 0.4) is 0 Å². The second-order valence-corrected chi connectivity index (χ2v) is 5.64. The van der Waals surface area contributed by atoms with Crippen molar-refractivity contribution in [1.82, 2.24) is 10.6 Å². The molecular formula is C15H31IN4O. The fraction of sp³-hybridized carbons (Fsp3) is 0.867. The van der Waals surface area contributed by atoms with Crippen molar-refractivity contribution in [2.75, 3.05) is 19.6 Å². The summed E-state index contributed by atoms with van der Waals surface area (Å²) in [5.74, 6) is 1.03. The molecule has 1 aliphatic carbocycles. The monoisotopic (exact) mass is 410 g/mol. The van der Waals surface area contributed by atoms with Crippen LogP contribution >= 0.6 is 24.0 Å². The van der Waals surface area contributed by atoms with E-state index in [4.69, 9.17) is 5.73 Å². The highest BCUT2D eigenvalue weighted by Gasteiger charge is 2.21. The molecule has 1 aliphatic rings. The molecule has 0 aromatic heterocycles. The van der Waals surface area contributed by atoms with Gasteiger partial charge in [-0.05, 0) is 25.2 Å². The van der Waals surface area contributed by atoms with Gasteiger partial charge < -0.3 is 16.4 Å². The molecule has 0 spiro atoms. The Balaban J connectivity index is 0.00000400. The van der Waals surface area contributed by atoms with Gasteiger partial charge in [0.15, 0.2) is 5.96 Å². The van der Waals surface area contributed by atoms with E-state index in [9.17, 15) is 4.79 Å². The zero-order valence-electron chi connectivity index (χ0n) is 13.2. The minimum Gasteiger partial charge on any atom is -0.370 e. The smallest absolute Gasteiger partial charge is 0.241 e. The van der Waals surface area contributed by atoms with E-state index in [1.165, 1.54) is 44.9 Å². The molecule has 1 saturated carbocycles. The normalized spacial score (nSPS) is 14.4. The van der Waals surface area contributed by atoms with Crippen molar-refractivity contribution in [3.63, 3.8) is 0 Å². The Morgan fingerprint density at radius 2 is 1.81 bits per heavy atom. The summed E-state index contributed by atoms with van der Waals surface area (Å²) in [7, 11) is 0. The fourth-order valence-corrected chi connectivity index (χ4v) is 1.97. The van der Waals surface area contributed by atoms with E-state index in [2.05, 4.69) is 22.5 Å². The molecule has 1 fully saturated rings. The standard InChI is InChI=1S/C15H30N4O.HI/c1-2-3-4-5-6-7-10-17-15(16)19-12-14(20)18-11-13-8-9-13;/h13H,2-12H2,1H3,(H,18,20)(H3,16,17,19);1H. The molecular weight excluding hydrogens is 379 g/mol. The largest absolute Gasteiger partial charge is 0.370 e. The first-order chi connectivity index (χ1) is 9.72. The number of nitrogens with zero attached hydrogens (tertiary/aromatic N) is 1. The van der Waals surface area contributed by atoms with Crippen LogP contribution in [0.2, 0.25) is 0 Å². The highest BCUT2D eigenvalue weighted by atomic mass is 127. The Bertz CT molecular complexity index is 306. The van der Waals surface area contributed by atoms with Crippen molar-refractivity contribution in [3.8, 4) is 0 Å². The summed E-state index contributed by atoms with van der Waals surface area (Å²) in [5, 5.41) is 5.92. The van der Waals surface area contributed by atoms with Gasteiger partial charge in [0.2, 0.25) is 5.91 Å². The summed E-state index contributed by atoms with van der Waals surface area (Å²) in [4.78, 5) is 15.5. The number of guanidine groups is 1. The molecule has 5 nitrogen and oxygen atoms in total. The topological polar surface area (TPSA) is 79.5 Å². The van der Waals surface area contributed by atoms with Crippen LogP contribution in [0.4, 0.5) is 0 Å². The predicted octanol–water partition coefficient (Wildman–Crippen LogP) is 2.40. The molecule has 0 saturated heterocycles. The first-order valence-electron chi connectivity index (χ1n) is 8.03. The number of nitrogens with two attached hydrogens (primary N) is 1. The quantitative estimate of drug-likeness (QED) is 0.212. The SMILES string of the molecule is CCCCCCCCNC(N)=NCC(=O)NCC1CC1.I. The molecule has 0 radical (unpaired) electrons. The van der Waals surface area contributed by atoms with Crippen molar-refractivity contribution < 1.29 is 4.79 Å². The van der Waals surface area contributed by atoms with Gasteiger partial charge >= 0.3 is 0 Å². The molecule has 21 heavy (non-hydrogen) atoms. The van der Waals surface area contributed by atoms with Crippen molar-refractivity contribution in [1.29, 1.82) is 0 Å². The van der Waals surface area contributed by atoms with Crippen molar-refractivity contribution in [2.45, 2.75) is 58.3 Å². The first-order valence-corrected chi connectivity index (χ1v) is 8.03. The van der Waals surface area contributed by atoms with Crippen LogP contribution in [0.5, 0.6) is 0 Å². The predicted molar refractivity (Wildman–Crippen MR) is 99.0 cm³/mol. The lowest BCUT2D eigenvalue weighted by Crippen LogP contribution is -2.34. The van der Waals surface area contributed by atoms with Gasteiger partial charge in [0.1, 0.15) is 6.54 Å². The number of aliphatic imine (C=N–C) groups is 1. The van der Waals surface area contributed by atoms with Crippen molar-refractivity contribution in [3.05, 3.63) is 0 Å². The number of halogens is 1. The number of carbonyl (C=O) groups excluding carboxylic acids is 1. The van der Waals surface area contributed by atoms with Gasteiger partial charge in [-0.15, -0.1) is 24.0 Å². The average Bonchev–Trinajstić information content (AvgIpc) is 3.26. The number of nitrogens with one attached hydrogen (secondary N) is 2. The fourth-order valence-electron chi connectivity index (χ4n) is 1.97. The summed E-state index contributed by atoms with van der Waals surface area (Å²) < 4.78 is 0. The summed E-state index contributed by atoms with van der Waals surface area (Å²) in [6, 6.07) is 0. The minimum absolute atomic E-state index is 0. The van der Waals surface area contributed by atoms with Crippen LogP contribution < -0.4 is 16.4 Å². The third kappa shape index (κ3) is 12.9. The van der Waals surface area contributed by atoms with Gasteiger partial charge in [-0.25, -0.2) is 4.99 Å². The van der Waals surface area contributed by atoms with Crippen LogP contribution in [0.1, 0.15) is 58.3 Å². The van der Waals surface area contributed by atoms with Crippen LogP contribution in [0.15, 0.2) is 4.99 Å². The second-order valence-electron chi connectivity index (χ2n) is 5.64. The maximum Gasteiger partial charge on any atom is 0.241 e. The van der Waals surface area contributed by atoms with Gasteiger partial charge in [-0.3, -0.25) is 4.79 Å². The lowest BCUT2D eigenvalue weighted by atomic mass is 10.1. The van der Waals surface area contributed by atoms with Gasteiger partial charge in [0, 0.05) is 13.1 Å². The molecule has 6 heteroatoms. The summed E-state index contributed by atoms with van der Waals surface area (Å²) in [6.07, 6.45) is 10.0. The van der Waals surface area contributed by atoms with Gasteiger partial charge in [0.05, 0.1) is 0 Å². The first kappa shape index (κ1) is 20.5. The second kappa shape index (κ2) is 13.2. The molecule has 0 aromatic rings. The molecule has 0 aliphatic heterocycles. The molecule has 1 amide bonds. The highest BCUT2D eigenvalue weighted by Crippen LogP contribution is 2.27. The molecule has 0 atom stereocenters. The Labute approximate surface area is 145 Å². The molecule has 0 heterocycles. The molecule has 0 unspecified atom stereocenters. The molecule has 0 bridgehead atoms. The van der Waals surface area contributed by atoms with Crippen molar-refractivity contribution in [2.24, 2.45) is 16.6 Å². The zero-order valence-corrected chi connectivity index (χ0v) is 15.5. The summed E-state index contributed by atoms with van der Waals surface area (Å²) in [5.41, 5.74) is 5.71. The van der Waals surface area contributed by atoms with Gasteiger partial charge in [-0.1, -0.05) is 39.0 Å². The number of carbonyl (C=O) groups is 1. The summed E-state index contributed by atoms with van der Waals surface area (Å²) in [6.45, 7) is 3.98. The summed E-state index contributed by atoms with van der Waals surface area (Å²) >= 11 is 0. The average molecular weight is 410 g/mol. The Kier molecular flexibility index (Phi) is 12.8. The van der Waals surface area contributed by atoms with Crippen molar-refractivity contribution >= 4 is 35.8 Å². The molecule has 0 aromatic carbocycles. The molecule has 4 N–H and O–H groups in total. The highest BCUT2D eigenvalue weighted by molar-refractivity contribution is 14.0. The zero-order chi connectivity index (χ0) is 14.6. The van der Waals surface area contributed by atoms with Crippen LogP contribution in [-0.4, -0.2) is 31.5 Å². The van der Waals surface area contributed by atoms with E-state index in [0.29, 0.717) is 11.9 Å². The van der Waals surface area contributed by atoms with E-state index in [1.807, 2.05) is 0 Å². The maximum absolute atomic E-state index is 11.5.